The van der Waals surface area contributed by atoms with E-state index < -0.39 is 0 Å². The number of nitrogens with zero attached hydrogens (tertiary/aromatic N) is 2. The molecule has 0 aromatic heterocycles. The van der Waals surface area contributed by atoms with E-state index in [4.69, 9.17) is 0 Å². The third kappa shape index (κ3) is 3.61. The SMILES string of the molecule is CC(C)C(=O)N1CCN(C(=O)c2ccc(F)c(Br)c2)CC1. The Morgan fingerprint density at radius 3 is 2.24 bits per heavy atom. The van der Waals surface area contributed by atoms with E-state index in [1.165, 1.54) is 18.2 Å². The number of carbonyl (C=O) groups is 2. The Labute approximate surface area is 132 Å². The first-order valence-corrected chi connectivity index (χ1v) is 7.72. The van der Waals surface area contributed by atoms with E-state index in [9.17, 15) is 14.0 Å². The largest absolute Gasteiger partial charge is 0.339 e. The quantitative estimate of drug-likeness (QED) is 0.816. The Kier molecular flexibility index (Phi) is 4.98. The molecule has 0 saturated carbocycles. The third-order valence-electron chi connectivity index (χ3n) is 3.54. The van der Waals surface area contributed by atoms with Gasteiger partial charge < -0.3 is 9.80 Å². The lowest BCUT2D eigenvalue weighted by Crippen LogP contribution is -2.51. The van der Waals surface area contributed by atoms with E-state index in [2.05, 4.69) is 15.9 Å². The summed E-state index contributed by atoms with van der Waals surface area (Å²) < 4.78 is 13.5. The van der Waals surface area contributed by atoms with Crippen molar-refractivity contribution in [2.75, 3.05) is 26.2 Å². The maximum Gasteiger partial charge on any atom is 0.254 e. The first-order chi connectivity index (χ1) is 9.90. The minimum absolute atomic E-state index is 0.0275. The topological polar surface area (TPSA) is 40.6 Å². The van der Waals surface area contributed by atoms with Gasteiger partial charge in [0, 0.05) is 37.7 Å². The van der Waals surface area contributed by atoms with Gasteiger partial charge in [-0.05, 0) is 34.1 Å². The zero-order valence-electron chi connectivity index (χ0n) is 12.1. The summed E-state index contributed by atoms with van der Waals surface area (Å²) in [6, 6.07) is 4.24. The summed E-state index contributed by atoms with van der Waals surface area (Å²) in [5, 5.41) is 0. The third-order valence-corrected chi connectivity index (χ3v) is 4.15. The summed E-state index contributed by atoms with van der Waals surface area (Å²) in [4.78, 5) is 27.7. The van der Waals surface area contributed by atoms with Crippen LogP contribution >= 0.6 is 15.9 Å². The molecule has 0 unspecified atom stereocenters. The van der Waals surface area contributed by atoms with Crippen molar-refractivity contribution in [3.63, 3.8) is 0 Å². The van der Waals surface area contributed by atoms with Crippen LogP contribution in [0.15, 0.2) is 22.7 Å². The second-order valence-electron chi connectivity index (χ2n) is 5.40. The molecule has 1 aliphatic rings. The Balaban J connectivity index is 2.00. The van der Waals surface area contributed by atoms with Crippen LogP contribution in [0.25, 0.3) is 0 Å². The molecule has 1 aromatic carbocycles. The number of hydrogen-bond acceptors (Lipinski definition) is 2. The summed E-state index contributed by atoms with van der Waals surface area (Å²) >= 11 is 3.08. The molecule has 1 aromatic rings. The predicted octanol–water partition coefficient (Wildman–Crippen LogP) is 2.53. The Morgan fingerprint density at radius 2 is 1.71 bits per heavy atom. The van der Waals surface area contributed by atoms with Crippen LogP contribution < -0.4 is 0 Å². The standard InChI is InChI=1S/C15H18BrFN2O2/c1-10(2)14(20)18-5-7-19(8-6-18)15(21)11-3-4-13(17)12(16)9-11/h3-4,9-10H,5-8H2,1-2H3. The van der Waals surface area contributed by atoms with Gasteiger partial charge in [-0.25, -0.2) is 4.39 Å². The van der Waals surface area contributed by atoms with E-state index in [0.717, 1.165) is 0 Å². The molecule has 0 atom stereocenters. The fourth-order valence-electron chi connectivity index (χ4n) is 2.31. The van der Waals surface area contributed by atoms with Crippen molar-refractivity contribution in [3.8, 4) is 0 Å². The lowest BCUT2D eigenvalue weighted by molar-refractivity contribution is -0.135. The Morgan fingerprint density at radius 1 is 1.14 bits per heavy atom. The van der Waals surface area contributed by atoms with Gasteiger partial charge in [0.15, 0.2) is 0 Å². The van der Waals surface area contributed by atoms with E-state index >= 15 is 0 Å². The fourth-order valence-corrected chi connectivity index (χ4v) is 2.69. The first-order valence-electron chi connectivity index (χ1n) is 6.93. The van der Waals surface area contributed by atoms with Crippen molar-refractivity contribution in [2.24, 2.45) is 5.92 Å². The van der Waals surface area contributed by atoms with Crippen LogP contribution in [0.5, 0.6) is 0 Å². The van der Waals surface area contributed by atoms with E-state index in [1.807, 2.05) is 13.8 Å². The van der Waals surface area contributed by atoms with E-state index in [0.29, 0.717) is 31.7 Å². The molecule has 1 heterocycles. The molecule has 0 aliphatic carbocycles. The smallest absolute Gasteiger partial charge is 0.254 e. The van der Waals surface area contributed by atoms with Crippen LogP contribution in [-0.2, 0) is 4.79 Å². The van der Waals surface area contributed by atoms with Gasteiger partial charge in [-0.1, -0.05) is 13.8 Å². The Hall–Kier alpha value is -1.43. The van der Waals surface area contributed by atoms with Gasteiger partial charge in [0.1, 0.15) is 5.82 Å². The molecule has 0 radical (unpaired) electrons. The predicted molar refractivity (Wildman–Crippen MR) is 81.4 cm³/mol. The van der Waals surface area contributed by atoms with Crippen molar-refractivity contribution < 1.29 is 14.0 Å². The molecule has 0 N–H and O–H groups in total. The molecule has 2 rings (SSSR count). The molecule has 6 heteroatoms. The van der Waals surface area contributed by atoms with Crippen molar-refractivity contribution in [3.05, 3.63) is 34.1 Å². The van der Waals surface area contributed by atoms with Crippen molar-refractivity contribution in [1.82, 2.24) is 9.80 Å². The summed E-state index contributed by atoms with van der Waals surface area (Å²) in [5.74, 6) is -0.432. The van der Waals surface area contributed by atoms with Gasteiger partial charge in [0.2, 0.25) is 5.91 Å². The van der Waals surface area contributed by atoms with Gasteiger partial charge in [-0.2, -0.15) is 0 Å². The first kappa shape index (κ1) is 15.9. The number of hydrogen-bond donors (Lipinski definition) is 0. The molecule has 0 spiro atoms. The number of rotatable bonds is 2. The lowest BCUT2D eigenvalue weighted by atomic mass is 10.1. The minimum atomic E-state index is -0.390. The van der Waals surface area contributed by atoms with Crippen molar-refractivity contribution >= 4 is 27.7 Å². The average Bonchev–Trinajstić information content (AvgIpc) is 2.48. The highest BCUT2D eigenvalue weighted by Gasteiger charge is 2.26. The number of amides is 2. The van der Waals surface area contributed by atoms with Gasteiger partial charge in [-0.15, -0.1) is 0 Å². The summed E-state index contributed by atoms with van der Waals surface area (Å²) in [5.41, 5.74) is 0.451. The molecule has 4 nitrogen and oxygen atoms in total. The molecule has 1 saturated heterocycles. The van der Waals surface area contributed by atoms with Gasteiger partial charge in [0.05, 0.1) is 4.47 Å². The van der Waals surface area contributed by atoms with Crippen LogP contribution in [0, 0.1) is 11.7 Å². The molecular weight excluding hydrogens is 339 g/mol. The van der Waals surface area contributed by atoms with Crippen LogP contribution in [0.2, 0.25) is 0 Å². The molecule has 114 valence electrons. The summed E-state index contributed by atoms with van der Waals surface area (Å²) in [7, 11) is 0. The zero-order chi connectivity index (χ0) is 15.6. The molecule has 2 amide bonds. The monoisotopic (exact) mass is 356 g/mol. The highest BCUT2D eigenvalue weighted by molar-refractivity contribution is 9.10. The molecule has 1 fully saturated rings. The molecule has 1 aliphatic heterocycles. The maximum atomic E-state index is 13.2. The van der Waals surface area contributed by atoms with Crippen LogP contribution in [0.1, 0.15) is 24.2 Å². The number of piperazine rings is 1. The number of halogens is 2. The van der Waals surface area contributed by atoms with E-state index in [1.54, 1.807) is 9.80 Å². The maximum absolute atomic E-state index is 13.2. The Bertz CT molecular complexity index is 555. The molecular formula is C15H18BrFN2O2. The van der Waals surface area contributed by atoms with Gasteiger partial charge in [-0.3, -0.25) is 9.59 Å². The van der Waals surface area contributed by atoms with Crippen molar-refractivity contribution in [2.45, 2.75) is 13.8 Å². The summed E-state index contributed by atoms with van der Waals surface area (Å²) in [6.07, 6.45) is 0. The van der Waals surface area contributed by atoms with Gasteiger partial charge >= 0.3 is 0 Å². The normalized spacial score (nSPS) is 15.5. The number of benzene rings is 1. The minimum Gasteiger partial charge on any atom is -0.339 e. The second kappa shape index (κ2) is 6.56. The fraction of sp³-hybridized carbons (Fsp3) is 0.467. The van der Waals surface area contributed by atoms with Gasteiger partial charge in [0.25, 0.3) is 5.91 Å². The lowest BCUT2D eigenvalue weighted by Gasteiger charge is -2.35. The zero-order valence-corrected chi connectivity index (χ0v) is 13.7. The second-order valence-corrected chi connectivity index (χ2v) is 6.26. The van der Waals surface area contributed by atoms with Crippen molar-refractivity contribution in [1.29, 1.82) is 0 Å². The number of carbonyl (C=O) groups excluding carboxylic acids is 2. The average molecular weight is 357 g/mol. The van der Waals surface area contributed by atoms with Crippen LogP contribution in [0.4, 0.5) is 4.39 Å². The van der Waals surface area contributed by atoms with Crippen LogP contribution in [0.3, 0.4) is 0 Å². The van der Waals surface area contributed by atoms with Crippen LogP contribution in [-0.4, -0.2) is 47.8 Å². The molecule has 21 heavy (non-hydrogen) atoms. The molecule has 0 bridgehead atoms. The highest BCUT2D eigenvalue weighted by atomic mass is 79.9. The highest BCUT2D eigenvalue weighted by Crippen LogP contribution is 2.18. The van der Waals surface area contributed by atoms with E-state index in [-0.39, 0.29) is 28.0 Å². The summed E-state index contributed by atoms with van der Waals surface area (Å²) in [6.45, 7) is 5.85.